The molecule has 1 aliphatic rings. The molecule has 1 fully saturated rings. The molecule has 2 amide bonds. The minimum atomic E-state index is -0.0332. The van der Waals surface area contributed by atoms with E-state index in [1.54, 1.807) is 11.3 Å². The van der Waals surface area contributed by atoms with Crippen molar-refractivity contribution in [3.63, 3.8) is 0 Å². The third-order valence-electron chi connectivity index (χ3n) is 3.82. The van der Waals surface area contributed by atoms with Gasteiger partial charge in [-0.1, -0.05) is 12.1 Å². The van der Waals surface area contributed by atoms with Crippen molar-refractivity contribution in [2.75, 3.05) is 11.4 Å². The van der Waals surface area contributed by atoms with E-state index < -0.39 is 0 Å². The van der Waals surface area contributed by atoms with Crippen LogP contribution in [0, 0.1) is 6.92 Å². The van der Waals surface area contributed by atoms with E-state index in [1.165, 1.54) is 0 Å². The van der Waals surface area contributed by atoms with Gasteiger partial charge in [0.15, 0.2) is 0 Å². The number of nitrogens with zero attached hydrogens (tertiary/aromatic N) is 2. The number of hydrogen-bond acceptors (Lipinski definition) is 4. The van der Waals surface area contributed by atoms with Crippen molar-refractivity contribution in [3.05, 3.63) is 45.9 Å². The van der Waals surface area contributed by atoms with Crippen LogP contribution in [0.1, 0.15) is 29.1 Å². The molecule has 1 saturated heterocycles. The Kier molecular flexibility index (Phi) is 4.71. The lowest BCUT2D eigenvalue weighted by atomic mass is 10.2. The van der Waals surface area contributed by atoms with Gasteiger partial charge < -0.3 is 10.2 Å². The Labute approximate surface area is 139 Å². The largest absolute Gasteiger partial charge is 0.352 e. The zero-order chi connectivity index (χ0) is 16.2. The monoisotopic (exact) mass is 329 g/mol. The standard InChI is InChI=1S/C17H19N3O2S/c1-12-19-14(11-23-12)9-16(21)18-10-13-4-6-15(7-5-13)20-8-2-3-17(20)22/h4-7,11H,2-3,8-10H2,1H3,(H,18,21). The molecule has 0 bridgehead atoms. The second kappa shape index (κ2) is 6.91. The Morgan fingerprint density at radius 2 is 2.13 bits per heavy atom. The van der Waals surface area contributed by atoms with Crippen LogP contribution in [-0.4, -0.2) is 23.3 Å². The number of hydrogen-bond donors (Lipinski definition) is 1. The number of nitrogens with one attached hydrogen (secondary N) is 1. The molecule has 2 aromatic rings. The zero-order valence-corrected chi connectivity index (χ0v) is 13.9. The topological polar surface area (TPSA) is 62.3 Å². The molecule has 5 nitrogen and oxygen atoms in total. The number of rotatable bonds is 5. The van der Waals surface area contributed by atoms with E-state index in [2.05, 4.69) is 10.3 Å². The molecule has 0 atom stereocenters. The third kappa shape index (κ3) is 3.96. The molecule has 0 unspecified atom stereocenters. The highest BCUT2D eigenvalue weighted by Crippen LogP contribution is 2.21. The molecular weight excluding hydrogens is 310 g/mol. The molecule has 3 rings (SSSR count). The van der Waals surface area contributed by atoms with Gasteiger partial charge in [0.2, 0.25) is 11.8 Å². The van der Waals surface area contributed by atoms with Crippen molar-refractivity contribution >= 4 is 28.8 Å². The van der Waals surface area contributed by atoms with Crippen molar-refractivity contribution in [1.82, 2.24) is 10.3 Å². The van der Waals surface area contributed by atoms with Crippen LogP contribution in [0.15, 0.2) is 29.6 Å². The molecular formula is C17H19N3O2S. The predicted molar refractivity (Wildman–Crippen MR) is 90.4 cm³/mol. The zero-order valence-electron chi connectivity index (χ0n) is 13.0. The average Bonchev–Trinajstić information content (AvgIpc) is 3.14. The van der Waals surface area contributed by atoms with E-state index in [4.69, 9.17) is 0 Å². The van der Waals surface area contributed by atoms with E-state index in [-0.39, 0.29) is 11.8 Å². The second-order valence-electron chi connectivity index (χ2n) is 5.63. The predicted octanol–water partition coefficient (Wildman–Crippen LogP) is 2.44. The number of aromatic nitrogens is 1. The van der Waals surface area contributed by atoms with Gasteiger partial charge in [-0.15, -0.1) is 11.3 Å². The first-order chi connectivity index (χ1) is 11.1. The Bertz CT molecular complexity index is 709. The molecule has 0 spiro atoms. The second-order valence-corrected chi connectivity index (χ2v) is 6.69. The maximum Gasteiger partial charge on any atom is 0.227 e. The number of anilines is 1. The van der Waals surface area contributed by atoms with Crippen LogP contribution >= 0.6 is 11.3 Å². The molecule has 1 aliphatic heterocycles. The summed E-state index contributed by atoms with van der Waals surface area (Å²) in [6, 6.07) is 7.78. The summed E-state index contributed by atoms with van der Waals surface area (Å²) in [4.78, 5) is 29.7. The summed E-state index contributed by atoms with van der Waals surface area (Å²) >= 11 is 1.55. The van der Waals surface area contributed by atoms with Gasteiger partial charge in [-0.2, -0.15) is 0 Å². The van der Waals surface area contributed by atoms with Gasteiger partial charge in [-0.05, 0) is 31.0 Å². The fraction of sp³-hybridized carbons (Fsp3) is 0.353. The molecule has 6 heteroatoms. The van der Waals surface area contributed by atoms with Crippen LogP contribution in [0.5, 0.6) is 0 Å². The van der Waals surface area contributed by atoms with Crippen LogP contribution in [-0.2, 0) is 22.6 Å². The Balaban J connectivity index is 1.52. The Hall–Kier alpha value is -2.21. The van der Waals surface area contributed by atoms with Crippen LogP contribution in [0.2, 0.25) is 0 Å². The average molecular weight is 329 g/mol. The van der Waals surface area contributed by atoms with E-state index >= 15 is 0 Å². The number of aryl methyl sites for hydroxylation is 1. The van der Waals surface area contributed by atoms with E-state index in [0.29, 0.717) is 19.4 Å². The normalized spacial score (nSPS) is 14.3. The number of benzene rings is 1. The van der Waals surface area contributed by atoms with Gasteiger partial charge in [0, 0.05) is 30.6 Å². The molecule has 23 heavy (non-hydrogen) atoms. The first-order valence-corrected chi connectivity index (χ1v) is 8.57. The quantitative estimate of drug-likeness (QED) is 0.916. The van der Waals surface area contributed by atoms with E-state index in [9.17, 15) is 9.59 Å². The smallest absolute Gasteiger partial charge is 0.227 e. The first-order valence-electron chi connectivity index (χ1n) is 7.69. The fourth-order valence-electron chi connectivity index (χ4n) is 2.63. The van der Waals surface area contributed by atoms with Gasteiger partial charge >= 0.3 is 0 Å². The van der Waals surface area contributed by atoms with Crippen LogP contribution in [0.3, 0.4) is 0 Å². The lowest BCUT2D eigenvalue weighted by Crippen LogP contribution is -2.25. The summed E-state index contributed by atoms with van der Waals surface area (Å²) in [7, 11) is 0. The summed E-state index contributed by atoms with van der Waals surface area (Å²) < 4.78 is 0. The first kappa shape index (κ1) is 15.7. The molecule has 1 N–H and O–H groups in total. The van der Waals surface area contributed by atoms with Crippen molar-refractivity contribution in [1.29, 1.82) is 0 Å². The molecule has 2 heterocycles. The Morgan fingerprint density at radius 1 is 1.35 bits per heavy atom. The number of thiazole rings is 1. The number of amides is 2. The highest BCUT2D eigenvalue weighted by atomic mass is 32.1. The Morgan fingerprint density at radius 3 is 2.74 bits per heavy atom. The van der Waals surface area contributed by atoms with E-state index in [0.717, 1.165) is 34.9 Å². The summed E-state index contributed by atoms with van der Waals surface area (Å²) in [5, 5.41) is 5.79. The molecule has 0 saturated carbocycles. The number of carbonyl (C=O) groups excluding carboxylic acids is 2. The number of carbonyl (C=O) groups is 2. The lowest BCUT2D eigenvalue weighted by Gasteiger charge is -2.16. The third-order valence-corrected chi connectivity index (χ3v) is 4.64. The van der Waals surface area contributed by atoms with Gasteiger partial charge in [-0.25, -0.2) is 4.98 Å². The van der Waals surface area contributed by atoms with Gasteiger partial charge in [0.05, 0.1) is 17.1 Å². The molecule has 1 aromatic heterocycles. The van der Waals surface area contributed by atoms with Crippen molar-refractivity contribution in [3.8, 4) is 0 Å². The highest BCUT2D eigenvalue weighted by molar-refractivity contribution is 7.09. The maximum atomic E-state index is 11.9. The maximum absolute atomic E-state index is 11.9. The minimum absolute atomic E-state index is 0.0332. The summed E-state index contributed by atoms with van der Waals surface area (Å²) in [6.45, 7) is 3.21. The van der Waals surface area contributed by atoms with Gasteiger partial charge in [0.25, 0.3) is 0 Å². The van der Waals surface area contributed by atoms with E-state index in [1.807, 2.05) is 41.5 Å². The summed E-state index contributed by atoms with van der Waals surface area (Å²) in [5.74, 6) is 0.152. The summed E-state index contributed by atoms with van der Waals surface area (Å²) in [5.41, 5.74) is 2.76. The van der Waals surface area contributed by atoms with Crippen LogP contribution in [0.4, 0.5) is 5.69 Å². The van der Waals surface area contributed by atoms with Crippen LogP contribution < -0.4 is 10.2 Å². The SMILES string of the molecule is Cc1nc(CC(=O)NCc2ccc(N3CCCC3=O)cc2)cs1. The van der Waals surface area contributed by atoms with Crippen molar-refractivity contribution in [2.45, 2.75) is 32.7 Å². The van der Waals surface area contributed by atoms with Gasteiger partial charge in [0.1, 0.15) is 0 Å². The highest BCUT2D eigenvalue weighted by Gasteiger charge is 2.21. The summed E-state index contributed by atoms with van der Waals surface area (Å²) in [6.07, 6.45) is 1.87. The van der Waals surface area contributed by atoms with Crippen LogP contribution in [0.25, 0.3) is 0 Å². The lowest BCUT2D eigenvalue weighted by molar-refractivity contribution is -0.120. The molecule has 1 aromatic carbocycles. The van der Waals surface area contributed by atoms with Gasteiger partial charge in [-0.3, -0.25) is 9.59 Å². The molecule has 120 valence electrons. The van der Waals surface area contributed by atoms with Crippen molar-refractivity contribution in [2.24, 2.45) is 0 Å². The molecule has 0 aliphatic carbocycles. The fourth-order valence-corrected chi connectivity index (χ4v) is 3.24. The van der Waals surface area contributed by atoms with Crippen molar-refractivity contribution < 1.29 is 9.59 Å². The molecule has 0 radical (unpaired) electrons. The minimum Gasteiger partial charge on any atom is -0.352 e.